The maximum absolute atomic E-state index is 11.1. The Balaban J connectivity index is 0.000000673. The van der Waals surface area contributed by atoms with Gasteiger partial charge in [-0.15, -0.1) is 0 Å². The molecule has 1 unspecified atom stereocenters. The van der Waals surface area contributed by atoms with Gasteiger partial charge in [0.25, 0.3) is 12.4 Å². The van der Waals surface area contributed by atoms with E-state index in [1.54, 1.807) is 13.8 Å². The molecule has 1 heterocycles. The molecule has 0 aromatic carbocycles. The normalized spacial score (nSPS) is 31.8. The van der Waals surface area contributed by atoms with E-state index < -0.39 is 23.7 Å². The van der Waals surface area contributed by atoms with Crippen LogP contribution in [0.15, 0.2) is 0 Å². The number of amides is 1. The monoisotopic (exact) mass is 231 g/mol. The van der Waals surface area contributed by atoms with Crippen LogP contribution in [-0.4, -0.2) is 35.5 Å². The van der Waals surface area contributed by atoms with Gasteiger partial charge in [-0.25, -0.2) is 0 Å². The minimum atomic E-state index is -1.10. The highest BCUT2D eigenvalue weighted by molar-refractivity contribution is 5.84. The van der Waals surface area contributed by atoms with E-state index in [1.165, 1.54) is 0 Å². The van der Waals surface area contributed by atoms with Crippen LogP contribution in [0.3, 0.4) is 0 Å². The Hall–Kier alpha value is -1.72. The van der Waals surface area contributed by atoms with Gasteiger partial charge in [0.15, 0.2) is 5.72 Å². The van der Waals surface area contributed by atoms with Crippen LogP contribution in [0.2, 0.25) is 0 Å². The highest BCUT2D eigenvalue weighted by Crippen LogP contribution is 2.30. The van der Waals surface area contributed by atoms with Gasteiger partial charge < -0.3 is 15.2 Å². The Morgan fingerprint density at radius 3 is 2.38 bits per heavy atom. The highest BCUT2D eigenvalue weighted by atomic mass is 16.6. The average molecular weight is 231 g/mol. The molecule has 1 aliphatic rings. The molecule has 1 rings (SSSR count). The van der Waals surface area contributed by atoms with E-state index in [0.717, 1.165) is 0 Å². The summed E-state index contributed by atoms with van der Waals surface area (Å²) in [5, 5.41) is 11.8. The van der Waals surface area contributed by atoms with Crippen molar-refractivity contribution in [1.82, 2.24) is 5.32 Å². The van der Waals surface area contributed by atoms with Crippen molar-refractivity contribution in [2.24, 2.45) is 5.92 Å². The van der Waals surface area contributed by atoms with E-state index in [9.17, 15) is 14.7 Å². The Kier molecular flexibility index (Phi) is 5.35. The number of carbonyl (C=O) groups excluding carboxylic acids is 4. The molecule has 7 heteroatoms. The van der Waals surface area contributed by atoms with E-state index in [1.807, 2.05) is 0 Å². The van der Waals surface area contributed by atoms with Gasteiger partial charge in [-0.05, 0) is 0 Å². The molecule has 0 aromatic rings. The van der Waals surface area contributed by atoms with Crippen molar-refractivity contribution in [3.05, 3.63) is 0 Å². The molecule has 1 fully saturated rings. The number of ether oxygens (including phenoxy) is 1. The molecule has 2 N–H and O–H groups in total. The predicted molar refractivity (Wildman–Crippen MR) is 48.5 cm³/mol. The summed E-state index contributed by atoms with van der Waals surface area (Å²) in [5.41, 5.74) is -1.03. The van der Waals surface area contributed by atoms with Crippen LogP contribution in [0.25, 0.3) is 0 Å². The molecular weight excluding hydrogens is 218 g/mol. The molecule has 0 aliphatic carbocycles. The summed E-state index contributed by atoms with van der Waals surface area (Å²) in [4.78, 5) is 37.6. The van der Waals surface area contributed by atoms with Crippen LogP contribution >= 0.6 is 0 Å². The molecule has 90 valence electrons. The number of aliphatic hydroxyl groups excluding tert-OH is 1. The SMILES string of the molecule is CCC1(OC=O)NC(=O)[C@H](O)[C@H]1C.O=C=O. The largest absolute Gasteiger partial charge is 0.441 e. The first-order chi connectivity index (χ1) is 7.48. The van der Waals surface area contributed by atoms with E-state index in [2.05, 4.69) is 5.32 Å². The van der Waals surface area contributed by atoms with Crippen LogP contribution in [0.5, 0.6) is 0 Å². The Labute approximate surface area is 91.8 Å². The minimum absolute atomic E-state index is 0.250. The Morgan fingerprint density at radius 2 is 2.12 bits per heavy atom. The number of hydrogen-bond donors (Lipinski definition) is 2. The average Bonchev–Trinajstić information content (AvgIpc) is 2.46. The van der Waals surface area contributed by atoms with Crippen LogP contribution < -0.4 is 5.32 Å². The lowest BCUT2D eigenvalue weighted by Gasteiger charge is -2.29. The second kappa shape index (κ2) is 5.99. The number of aliphatic hydroxyl groups is 1. The van der Waals surface area contributed by atoms with Crippen molar-refractivity contribution in [3.63, 3.8) is 0 Å². The standard InChI is InChI=1S/C8H13NO4.CO2/c1-3-8(13-4-10)5(2)6(11)7(12)9-8;2-1-3/h4-6,11H,3H2,1-2H3,(H,9,12);/t5-,6-,8?;/m1./s1. The van der Waals surface area contributed by atoms with Crippen LogP contribution in [0.4, 0.5) is 0 Å². The van der Waals surface area contributed by atoms with Crippen molar-refractivity contribution in [1.29, 1.82) is 0 Å². The third-order valence-corrected chi connectivity index (χ3v) is 2.60. The van der Waals surface area contributed by atoms with Gasteiger partial charge >= 0.3 is 6.15 Å². The second-order valence-corrected chi connectivity index (χ2v) is 3.26. The molecule has 0 aromatic heterocycles. The molecule has 1 aliphatic heterocycles. The summed E-state index contributed by atoms with van der Waals surface area (Å²) in [6, 6.07) is 0. The summed E-state index contributed by atoms with van der Waals surface area (Å²) in [5.74, 6) is -0.911. The molecule has 0 saturated carbocycles. The Morgan fingerprint density at radius 1 is 1.62 bits per heavy atom. The van der Waals surface area contributed by atoms with Gasteiger partial charge in [-0.1, -0.05) is 13.8 Å². The minimum Gasteiger partial charge on any atom is -0.441 e. The predicted octanol–water partition coefficient (Wildman–Crippen LogP) is -1.19. The maximum atomic E-state index is 11.1. The van der Waals surface area contributed by atoms with Crippen molar-refractivity contribution >= 4 is 18.5 Å². The van der Waals surface area contributed by atoms with Crippen LogP contribution in [0, 0.1) is 5.92 Å². The lowest BCUT2D eigenvalue weighted by molar-refractivity contribution is -0.191. The molecule has 0 spiro atoms. The second-order valence-electron chi connectivity index (χ2n) is 3.26. The number of rotatable bonds is 3. The summed E-state index contributed by atoms with van der Waals surface area (Å²) in [6.45, 7) is 3.73. The maximum Gasteiger partial charge on any atom is 0.373 e. The summed E-state index contributed by atoms with van der Waals surface area (Å²) >= 11 is 0. The molecule has 0 bridgehead atoms. The van der Waals surface area contributed by atoms with Crippen molar-refractivity contribution in [2.75, 3.05) is 0 Å². The van der Waals surface area contributed by atoms with E-state index in [-0.39, 0.29) is 6.15 Å². The number of hydrogen-bond acceptors (Lipinski definition) is 6. The Bertz CT molecular complexity index is 298. The fourth-order valence-corrected chi connectivity index (χ4v) is 1.59. The zero-order valence-electron chi connectivity index (χ0n) is 8.93. The van der Waals surface area contributed by atoms with Crippen molar-refractivity contribution < 1.29 is 29.0 Å². The van der Waals surface area contributed by atoms with Crippen molar-refractivity contribution in [3.8, 4) is 0 Å². The fourth-order valence-electron chi connectivity index (χ4n) is 1.59. The van der Waals surface area contributed by atoms with Crippen LogP contribution in [-0.2, 0) is 23.9 Å². The molecule has 7 nitrogen and oxygen atoms in total. The fraction of sp³-hybridized carbons (Fsp3) is 0.667. The van der Waals surface area contributed by atoms with Gasteiger partial charge in [-0.2, -0.15) is 9.59 Å². The molecule has 1 saturated heterocycles. The number of nitrogens with one attached hydrogen (secondary N) is 1. The molecule has 1 amide bonds. The third kappa shape index (κ3) is 2.65. The smallest absolute Gasteiger partial charge is 0.373 e. The molecule has 0 radical (unpaired) electrons. The molecule has 3 atom stereocenters. The highest BCUT2D eigenvalue weighted by Gasteiger charge is 2.51. The van der Waals surface area contributed by atoms with Gasteiger partial charge in [0.1, 0.15) is 6.10 Å². The van der Waals surface area contributed by atoms with Crippen LogP contribution in [0.1, 0.15) is 20.3 Å². The van der Waals surface area contributed by atoms with Crippen molar-refractivity contribution in [2.45, 2.75) is 32.1 Å². The van der Waals surface area contributed by atoms with E-state index in [4.69, 9.17) is 14.3 Å². The quantitative estimate of drug-likeness (QED) is 0.591. The lowest BCUT2D eigenvalue weighted by Crippen LogP contribution is -2.47. The summed E-state index contributed by atoms with van der Waals surface area (Å²) < 4.78 is 4.82. The van der Waals surface area contributed by atoms with Gasteiger partial charge in [0.2, 0.25) is 0 Å². The third-order valence-electron chi connectivity index (χ3n) is 2.60. The first kappa shape index (κ1) is 14.3. The summed E-state index contributed by atoms with van der Waals surface area (Å²) in [7, 11) is 0. The summed E-state index contributed by atoms with van der Waals surface area (Å²) in [6.07, 6.45) is -0.407. The molecular formula is C9H13NO6. The van der Waals surface area contributed by atoms with Gasteiger partial charge in [-0.3, -0.25) is 9.59 Å². The topological polar surface area (TPSA) is 110 Å². The first-order valence-corrected chi connectivity index (χ1v) is 4.59. The van der Waals surface area contributed by atoms with Gasteiger partial charge in [0, 0.05) is 6.42 Å². The lowest BCUT2D eigenvalue weighted by atomic mass is 9.94. The molecule has 16 heavy (non-hydrogen) atoms. The first-order valence-electron chi connectivity index (χ1n) is 4.59. The van der Waals surface area contributed by atoms with Gasteiger partial charge in [0.05, 0.1) is 5.92 Å². The zero-order valence-corrected chi connectivity index (χ0v) is 8.93. The number of carbonyl (C=O) groups is 2. The van der Waals surface area contributed by atoms with E-state index >= 15 is 0 Å². The zero-order chi connectivity index (χ0) is 12.8. The van der Waals surface area contributed by atoms with E-state index in [0.29, 0.717) is 12.9 Å².